The minimum Gasteiger partial charge on any atom is -0.417 e. The van der Waals surface area contributed by atoms with E-state index in [1.807, 2.05) is 26.0 Å². The summed E-state index contributed by atoms with van der Waals surface area (Å²) in [4.78, 5) is 4.30. The lowest BCUT2D eigenvalue weighted by Gasteiger charge is -2.05. The van der Waals surface area contributed by atoms with E-state index in [1.54, 1.807) is 6.26 Å². The van der Waals surface area contributed by atoms with Gasteiger partial charge in [-0.3, -0.25) is 0 Å². The highest BCUT2D eigenvalue weighted by molar-refractivity contribution is 5.37. The van der Waals surface area contributed by atoms with Crippen LogP contribution >= 0.6 is 0 Å². The highest BCUT2D eigenvalue weighted by atomic mass is 16.6. The monoisotopic (exact) mass is 260 g/mol. The number of hydrogen-bond donors (Lipinski definition) is 1. The first kappa shape index (κ1) is 13.6. The molecule has 102 valence electrons. The van der Waals surface area contributed by atoms with Gasteiger partial charge in [0.25, 0.3) is 0 Å². The summed E-state index contributed by atoms with van der Waals surface area (Å²) < 4.78 is 11.0. The van der Waals surface area contributed by atoms with Gasteiger partial charge in [-0.05, 0) is 31.0 Å². The minimum atomic E-state index is 0.286. The van der Waals surface area contributed by atoms with E-state index >= 15 is 0 Å². The van der Waals surface area contributed by atoms with E-state index < -0.39 is 0 Å². The van der Waals surface area contributed by atoms with Gasteiger partial charge in [-0.15, -0.1) is 0 Å². The summed E-state index contributed by atoms with van der Waals surface area (Å²) >= 11 is 0. The number of oxazole rings is 1. The molecule has 0 spiro atoms. The first-order chi connectivity index (χ1) is 9.04. The second kappa shape index (κ2) is 5.89. The van der Waals surface area contributed by atoms with E-state index in [4.69, 9.17) is 9.15 Å². The first-order valence-electron chi connectivity index (χ1n) is 6.47. The van der Waals surface area contributed by atoms with Gasteiger partial charge in [-0.2, -0.15) is 4.98 Å². The van der Waals surface area contributed by atoms with Crippen LogP contribution in [-0.2, 0) is 6.54 Å². The largest absolute Gasteiger partial charge is 0.417 e. The Bertz CT molecular complexity index is 547. The fraction of sp³-hybridized carbons (Fsp3) is 0.400. The van der Waals surface area contributed by atoms with Crippen LogP contribution in [0, 0.1) is 13.8 Å². The second-order valence-electron chi connectivity index (χ2n) is 5.01. The number of nitrogens with one attached hydrogen (secondary N) is 1. The van der Waals surface area contributed by atoms with E-state index in [0.717, 1.165) is 22.6 Å². The van der Waals surface area contributed by atoms with Crippen molar-refractivity contribution in [1.29, 1.82) is 0 Å². The van der Waals surface area contributed by atoms with Crippen molar-refractivity contribution in [2.45, 2.75) is 40.3 Å². The van der Waals surface area contributed by atoms with Crippen LogP contribution in [0.4, 0.5) is 0 Å². The number of ether oxygens (including phenoxy) is 1. The Morgan fingerprint density at radius 1 is 1.32 bits per heavy atom. The second-order valence-corrected chi connectivity index (χ2v) is 5.01. The molecule has 4 heteroatoms. The van der Waals surface area contributed by atoms with Gasteiger partial charge in [-0.1, -0.05) is 26.0 Å². The van der Waals surface area contributed by atoms with Crippen LogP contribution in [-0.4, -0.2) is 11.0 Å². The quantitative estimate of drug-likeness (QED) is 0.892. The van der Waals surface area contributed by atoms with E-state index in [1.165, 1.54) is 0 Å². The molecular weight excluding hydrogens is 240 g/mol. The molecular formula is C15H20N2O2. The molecule has 0 amide bonds. The molecule has 0 radical (unpaired) electrons. The zero-order chi connectivity index (χ0) is 13.8. The number of nitrogens with zero attached hydrogens (tertiary/aromatic N) is 1. The molecule has 19 heavy (non-hydrogen) atoms. The summed E-state index contributed by atoms with van der Waals surface area (Å²) in [5, 5.41) is 3.28. The van der Waals surface area contributed by atoms with Gasteiger partial charge in [0.1, 0.15) is 12.0 Å². The topological polar surface area (TPSA) is 47.3 Å². The fourth-order valence-corrected chi connectivity index (χ4v) is 1.64. The van der Waals surface area contributed by atoms with Crippen molar-refractivity contribution >= 4 is 0 Å². The van der Waals surface area contributed by atoms with Crippen LogP contribution < -0.4 is 10.1 Å². The molecule has 1 N–H and O–H groups in total. The molecule has 2 rings (SSSR count). The number of rotatable bonds is 5. The van der Waals surface area contributed by atoms with Gasteiger partial charge in [0.2, 0.25) is 0 Å². The zero-order valence-electron chi connectivity index (χ0n) is 11.9. The average molecular weight is 260 g/mol. The van der Waals surface area contributed by atoms with Crippen LogP contribution in [0.1, 0.15) is 30.7 Å². The van der Waals surface area contributed by atoms with E-state index in [2.05, 4.69) is 30.2 Å². The molecule has 0 fully saturated rings. The maximum Gasteiger partial charge on any atom is 0.399 e. The lowest BCUT2D eigenvalue weighted by molar-refractivity contribution is 0.329. The highest BCUT2D eigenvalue weighted by Gasteiger charge is 2.08. The molecule has 1 heterocycles. The normalized spacial score (nSPS) is 11.0. The number of aromatic nitrogens is 1. The molecule has 0 unspecified atom stereocenters. The van der Waals surface area contributed by atoms with E-state index in [-0.39, 0.29) is 6.08 Å². The van der Waals surface area contributed by atoms with Crippen LogP contribution in [0.5, 0.6) is 11.8 Å². The Morgan fingerprint density at radius 2 is 2.11 bits per heavy atom. The lowest BCUT2D eigenvalue weighted by Crippen LogP contribution is -2.21. The van der Waals surface area contributed by atoms with Gasteiger partial charge < -0.3 is 14.5 Å². The van der Waals surface area contributed by atoms with E-state index in [9.17, 15) is 0 Å². The minimum absolute atomic E-state index is 0.286. The molecule has 0 saturated heterocycles. The average Bonchev–Trinajstić information content (AvgIpc) is 2.79. The SMILES string of the molecule is Cc1ccc(C)c(Oc2nc(CNC(C)C)co2)c1. The van der Waals surface area contributed by atoms with Gasteiger partial charge in [-0.25, -0.2) is 0 Å². The Balaban J connectivity index is 2.05. The van der Waals surface area contributed by atoms with Crippen molar-refractivity contribution in [2.75, 3.05) is 0 Å². The fourth-order valence-electron chi connectivity index (χ4n) is 1.64. The summed E-state index contributed by atoms with van der Waals surface area (Å²) in [5.41, 5.74) is 3.05. The maximum absolute atomic E-state index is 5.67. The lowest BCUT2D eigenvalue weighted by atomic mass is 10.1. The maximum atomic E-state index is 5.67. The Kier molecular flexibility index (Phi) is 4.22. The molecule has 0 aliphatic carbocycles. The summed E-state index contributed by atoms with van der Waals surface area (Å²) in [7, 11) is 0. The van der Waals surface area contributed by atoms with Crippen molar-refractivity contribution in [2.24, 2.45) is 0 Å². The molecule has 0 saturated carbocycles. The summed E-state index contributed by atoms with van der Waals surface area (Å²) in [6.07, 6.45) is 1.91. The number of benzene rings is 1. The summed E-state index contributed by atoms with van der Waals surface area (Å²) in [5.74, 6) is 0.783. The highest BCUT2D eigenvalue weighted by Crippen LogP contribution is 2.25. The van der Waals surface area contributed by atoms with Crippen molar-refractivity contribution < 1.29 is 9.15 Å². The Labute approximate surface area is 113 Å². The summed E-state index contributed by atoms with van der Waals surface area (Å²) in [6.45, 7) is 8.89. The van der Waals surface area contributed by atoms with Gasteiger partial charge >= 0.3 is 6.08 Å². The van der Waals surface area contributed by atoms with E-state index in [0.29, 0.717) is 12.6 Å². The third-order valence-electron chi connectivity index (χ3n) is 2.76. The predicted octanol–water partition coefficient (Wildman–Crippen LogP) is 3.58. The third kappa shape index (κ3) is 3.83. The number of hydrogen-bond acceptors (Lipinski definition) is 4. The molecule has 0 aliphatic heterocycles. The molecule has 0 atom stereocenters. The molecule has 4 nitrogen and oxygen atoms in total. The standard InChI is InChI=1S/C15H20N2O2/c1-10(2)16-8-13-9-18-15(17-13)19-14-7-11(3)5-6-12(14)4/h5-7,9-10,16H,8H2,1-4H3. The van der Waals surface area contributed by atoms with Crippen LogP contribution in [0.3, 0.4) is 0 Å². The van der Waals surface area contributed by atoms with Crippen molar-refractivity contribution in [1.82, 2.24) is 10.3 Å². The van der Waals surface area contributed by atoms with Crippen molar-refractivity contribution in [3.63, 3.8) is 0 Å². The van der Waals surface area contributed by atoms with Crippen LogP contribution in [0.2, 0.25) is 0 Å². The molecule has 0 bridgehead atoms. The molecule has 1 aromatic heterocycles. The van der Waals surface area contributed by atoms with Crippen LogP contribution in [0.25, 0.3) is 0 Å². The molecule has 1 aromatic carbocycles. The van der Waals surface area contributed by atoms with Crippen LogP contribution in [0.15, 0.2) is 28.9 Å². The Morgan fingerprint density at radius 3 is 2.84 bits per heavy atom. The zero-order valence-corrected chi connectivity index (χ0v) is 11.9. The summed E-state index contributed by atoms with van der Waals surface area (Å²) in [6, 6.07) is 6.47. The molecule has 0 aliphatic rings. The first-order valence-corrected chi connectivity index (χ1v) is 6.47. The Hall–Kier alpha value is -1.81. The third-order valence-corrected chi connectivity index (χ3v) is 2.76. The molecule has 2 aromatic rings. The smallest absolute Gasteiger partial charge is 0.399 e. The van der Waals surface area contributed by atoms with Crippen molar-refractivity contribution in [3.05, 3.63) is 41.3 Å². The van der Waals surface area contributed by atoms with Gasteiger partial charge in [0.15, 0.2) is 0 Å². The predicted molar refractivity (Wildman–Crippen MR) is 74.5 cm³/mol. The van der Waals surface area contributed by atoms with Crippen molar-refractivity contribution in [3.8, 4) is 11.8 Å². The van der Waals surface area contributed by atoms with Gasteiger partial charge in [0, 0.05) is 12.6 Å². The van der Waals surface area contributed by atoms with Gasteiger partial charge in [0.05, 0.1) is 5.69 Å². The number of aryl methyl sites for hydroxylation is 2.